The highest BCUT2D eigenvalue weighted by atomic mass is 127. The largest absolute Gasteiger partial charge is 0.478 e. The predicted molar refractivity (Wildman–Crippen MR) is 85.3 cm³/mol. The fourth-order valence-corrected chi connectivity index (χ4v) is 2.29. The van der Waals surface area contributed by atoms with E-state index < -0.39 is 5.97 Å². The molecule has 19 heavy (non-hydrogen) atoms. The van der Waals surface area contributed by atoms with Crippen molar-refractivity contribution in [2.24, 2.45) is 0 Å². The van der Waals surface area contributed by atoms with E-state index >= 15 is 0 Å². The van der Waals surface area contributed by atoms with Crippen molar-refractivity contribution in [1.29, 1.82) is 0 Å². The molecule has 0 heterocycles. The van der Waals surface area contributed by atoms with Crippen LogP contribution < -0.4 is 5.32 Å². The van der Waals surface area contributed by atoms with E-state index in [9.17, 15) is 9.90 Å². The first-order valence-electron chi connectivity index (χ1n) is 5.84. The van der Waals surface area contributed by atoms with Gasteiger partial charge in [-0.15, -0.1) is 0 Å². The van der Waals surface area contributed by atoms with Gasteiger partial charge in [0, 0.05) is 9.26 Å². The Kier molecular flexibility index (Phi) is 4.09. The van der Waals surface area contributed by atoms with Crippen molar-refractivity contribution < 1.29 is 9.90 Å². The van der Waals surface area contributed by atoms with E-state index in [1.807, 2.05) is 38.1 Å². The molecule has 0 aliphatic carbocycles. The Balaban J connectivity index is 2.39. The number of hydrogen-bond acceptors (Lipinski definition) is 2. The average Bonchev–Trinajstić information content (AvgIpc) is 2.33. The predicted octanol–water partition coefficient (Wildman–Crippen LogP) is 4.35. The molecule has 2 aromatic rings. The summed E-state index contributed by atoms with van der Waals surface area (Å²) in [6, 6.07) is 11.2. The lowest BCUT2D eigenvalue weighted by Gasteiger charge is -2.11. The number of aromatic carboxylic acids is 1. The van der Waals surface area contributed by atoms with Crippen LogP contribution in [0.1, 0.15) is 21.5 Å². The van der Waals surface area contributed by atoms with Gasteiger partial charge in [-0.3, -0.25) is 0 Å². The molecule has 3 nitrogen and oxygen atoms in total. The molecule has 0 aliphatic heterocycles. The van der Waals surface area contributed by atoms with Gasteiger partial charge in [-0.25, -0.2) is 4.79 Å². The van der Waals surface area contributed by atoms with Crippen molar-refractivity contribution in [2.75, 3.05) is 5.32 Å². The van der Waals surface area contributed by atoms with Gasteiger partial charge in [-0.2, -0.15) is 0 Å². The molecule has 0 amide bonds. The summed E-state index contributed by atoms with van der Waals surface area (Å²) in [6.45, 7) is 3.98. The van der Waals surface area contributed by atoms with Gasteiger partial charge in [0.1, 0.15) is 0 Å². The van der Waals surface area contributed by atoms with Gasteiger partial charge < -0.3 is 10.4 Å². The van der Waals surface area contributed by atoms with E-state index in [2.05, 4.69) is 27.9 Å². The van der Waals surface area contributed by atoms with Gasteiger partial charge in [-0.1, -0.05) is 12.1 Å². The SMILES string of the molecule is Cc1ccc(C(=O)O)c(Nc2ccc(C)c(I)c2)c1. The van der Waals surface area contributed by atoms with Crippen LogP contribution in [0.2, 0.25) is 0 Å². The number of benzene rings is 2. The number of halogens is 1. The molecule has 0 spiro atoms. The van der Waals surface area contributed by atoms with Crippen molar-refractivity contribution in [3.8, 4) is 0 Å². The zero-order valence-electron chi connectivity index (χ0n) is 10.7. The van der Waals surface area contributed by atoms with Crippen LogP contribution in [0.4, 0.5) is 11.4 Å². The summed E-state index contributed by atoms with van der Waals surface area (Å²) in [5.74, 6) is -0.927. The zero-order valence-corrected chi connectivity index (χ0v) is 12.9. The molecule has 2 rings (SSSR count). The van der Waals surface area contributed by atoms with Gasteiger partial charge >= 0.3 is 5.97 Å². The van der Waals surface area contributed by atoms with Crippen LogP contribution >= 0.6 is 22.6 Å². The zero-order chi connectivity index (χ0) is 14.0. The minimum absolute atomic E-state index is 0.279. The third kappa shape index (κ3) is 3.26. The minimum atomic E-state index is -0.927. The normalized spacial score (nSPS) is 10.3. The molecule has 0 aliphatic rings. The summed E-state index contributed by atoms with van der Waals surface area (Å²) in [5, 5.41) is 12.4. The minimum Gasteiger partial charge on any atom is -0.478 e. The molecule has 98 valence electrons. The molecule has 0 fully saturated rings. The Labute approximate surface area is 125 Å². The number of carbonyl (C=O) groups is 1. The van der Waals surface area contributed by atoms with Gasteiger partial charge in [0.05, 0.1) is 11.3 Å². The van der Waals surface area contributed by atoms with E-state index in [4.69, 9.17) is 0 Å². The number of carboxylic acid groups (broad SMARTS) is 1. The quantitative estimate of drug-likeness (QED) is 0.793. The van der Waals surface area contributed by atoms with E-state index in [1.165, 1.54) is 5.56 Å². The molecule has 4 heteroatoms. The molecular formula is C15H14INO2. The van der Waals surface area contributed by atoms with E-state index in [-0.39, 0.29) is 5.56 Å². The first-order valence-corrected chi connectivity index (χ1v) is 6.92. The maximum absolute atomic E-state index is 11.2. The molecule has 0 radical (unpaired) electrons. The van der Waals surface area contributed by atoms with Crippen molar-refractivity contribution >= 4 is 39.9 Å². The smallest absolute Gasteiger partial charge is 0.337 e. The summed E-state index contributed by atoms with van der Waals surface area (Å²) in [6.07, 6.45) is 0. The highest BCUT2D eigenvalue weighted by molar-refractivity contribution is 14.1. The third-order valence-corrected chi connectivity index (χ3v) is 4.02. The molecule has 0 bridgehead atoms. The lowest BCUT2D eigenvalue weighted by molar-refractivity contribution is 0.0698. The van der Waals surface area contributed by atoms with E-state index in [0.717, 1.165) is 14.8 Å². The molecular weight excluding hydrogens is 353 g/mol. The first kappa shape index (κ1) is 13.9. The van der Waals surface area contributed by atoms with E-state index in [0.29, 0.717) is 5.69 Å². The lowest BCUT2D eigenvalue weighted by atomic mass is 10.1. The molecule has 0 atom stereocenters. The monoisotopic (exact) mass is 367 g/mol. The average molecular weight is 367 g/mol. The van der Waals surface area contributed by atoms with Crippen molar-refractivity contribution in [1.82, 2.24) is 0 Å². The Morgan fingerprint density at radius 1 is 1.16 bits per heavy atom. The summed E-state index contributed by atoms with van der Waals surface area (Å²) in [7, 11) is 0. The second-order valence-electron chi connectivity index (χ2n) is 4.44. The molecule has 0 aromatic heterocycles. The summed E-state index contributed by atoms with van der Waals surface area (Å²) in [4.78, 5) is 11.2. The maximum atomic E-state index is 11.2. The number of nitrogens with one attached hydrogen (secondary N) is 1. The van der Waals surface area contributed by atoms with Crippen LogP contribution in [0.3, 0.4) is 0 Å². The number of anilines is 2. The van der Waals surface area contributed by atoms with Gasteiger partial charge in [0.25, 0.3) is 0 Å². The fraction of sp³-hybridized carbons (Fsp3) is 0.133. The van der Waals surface area contributed by atoms with Crippen LogP contribution in [0, 0.1) is 17.4 Å². The number of carboxylic acids is 1. The Bertz CT molecular complexity index is 638. The fourth-order valence-electron chi connectivity index (χ4n) is 1.77. The highest BCUT2D eigenvalue weighted by Crippen LogP contribution is 2.24. The second-order valence-corrected chi connectivity index (χ2v) is 5.61. The number of rotatable bonds is 3. The van der Waals surface area contributed by atoms with Crippen molar-refractivity contribution in [3.63, 3.8) is 0 Å². The maximum Gasteiger partial charge on any atom is 0.337 e. The summed E-state index contributed by atoms with van der Waals surface area (Å²) < 4.78 is 1.15. The standard InChI is InChI=1S/C15H14INO2/c1-9-3-6-12(15(18)19)14(7-9)17-11-5-4-10(2)13(16)8-11/h3-8,17H,1-2H3,(H,18,19). The van der Waals surface area contributed by atoms with Crippen molar-refractivity contribution in [2.45, 2.75) is 13.8 Å². The third-order valence-electron chi connectivity index (χ3n) is 2.86. The molecule has 2 N–H and O–H groups in total. The number of hydrogen-bond donors (Lipinski definition) is 2. The van der Waals surface area contributed by atoms with Crippen molar-refractivity contribution in [3.05, 3.63) is 56.7 Å². The first-order chi connectivity index (χ1) is 8.97. The van der Waals surface area contributed by atoms with Crippen LogP contribution in [0.15, 0.2) is 36.4 Å². The van der Waals surface area contributed by atoms with Gasteiger partial charge in [0.15, 0.2) is 0 Å². The molecule has 0 saturated heterocycles. The van der Waals surface area contributed by atoms with Crippen LogP contribution in [-0.4, -0.2) is 11.1 Å². The summed E-state index contributed by atoms with van der Waals surface area (Å²) >= 11 is 2.27. The van der Waals surface area contributed by atoms with E-state index in [1.54, 1.807) is 12.1 Å². The lowest BCUT2D eigenvalue weighted by Crippen LogP contribution is -2.03. The van der Waals surface area contributed by atoms with Crippen LogP contribution in [0.25, 0.3) is 0 Å². The summed E-state index contributed by atoms with van der Waals surface area (Å²) in [5.41, 5.74) is 4.01. The van der Waals surface area contributed by atoms with Gasteiger partial charge in [-0.05, 0) is 71.8 Å². The Morgan fingerprint density at radius 2 is 1.89 bits per heavy atom. The van der Waals surface area contributed by atoms with Gasteiger partial charge in [0.2, 0.25) is 0 Å². The highest BCUT2D eigenvalue weighted by Gasteiger charge is 2.10. The Morgan fingerprint density at radius 3 is 2.53 bits per heavy atom. The van der Waals surface area contributed by atoms with Crippen LogP contribution in [-0.2, 0) is 0 Å². The second kappa shape index (κ2) is 5.61. The molecule has 0 unspecified atom stereocenters. The number of aryl methyl sites for hydroxylation is 2. The molecule has 2 aromatic carbocycles. The molecule has 0 saturated carbocycles. The topological polar surface area (TPSA) is 49.3 Å². The Hall–Kier alpha value is -1.56. The van der Waals surface area contributed by atoms with Crippen LogP contribution in [0.5, 0.6) is 0 Å².